The molecule has 0 aromatic carbocycles. The molecule has 0 saturated carbocycles. The molecule has 0 radical (unpaired) electrons. The van der Waals surface area contributed by atoms with Gasteiger partial charge in [-0.05, 0) is 39.3 Å². The fraction of sp³-hybridized carbons (Fsp3) is 0.667. The molecule has 0 bridgehead atoms. The van der Waals surface area contributed by atoms with Crippen LogP contribution in [0, 0.1) is 0 Å². The lowest BCUT2D eigenvalue weighted by atomic mass is 10.2. The van der Waals surface area contributed by atoms with Gasteiger partial charge < -0.3 is 14.8 Å². The summed E-state index contributed by atoms with van der Waals surface area (Å²) in [6, 6.07) is 5.94. The molecule has 108 valence electrons. The molecule has 0 fully saturated rings. The van der Waals surface area contributed by atoms with Crippen molar-refractivity contribution in [2.24, 2.45) is 0 Å². The molecule has 1 N–H and O–H groups in total. The van der Waals surface area contributed by atoms with E-state index in [0.29, 0.717) is 19.8 Å². The maximum absolute atomic E-state index is 5.59. The van der Waals surface area contributed by atoms with Crippen LogP contribution in [0.3, 0.4) is 0 Å². The second-order valence-electron chi connectivity index (χ2n) is 5.45. The number of hydrogen-bond donors (Lipinski definition) is 1. The van der Waals surface area contributed by atoms with E-state index < -0.39 is 0 Å². The van der Waals surface area contributed by atoms with Crippen molar-refractivity contribution >= 4 is 5.82 Å². The normalized spacial score (nSPS) is 11.6. The number of ether oxygens (including phenoxy) is 2. The van der Waals surface area contributed by atoms with Gasteiger partial charge in [-0.2, -0.15) is 0 Å². The van der Waals surface area contributed by atoms with Crippen molar-refractivity contribution in [3.8, 4) is 0 Å². The molecular formula is C15H26N2O2. The second-order valence-corrected chi connectivity index (χ2v) is 5.45. The highest BCUT2D eigenvalue weighted by atomic mass is 16.5. The summed E-state index contributed by atoms with van der Waals surface area (Å²) >= 11 is 0. The lowest BCUT2D eigenvalue weighted by Gasteiger charge is -2.19. The van der Waals surface area contributed by atoms with Crippen molar-refractivity contribution in [1.82, 2.24) is 4.98 Å². The highest BCUT2D eigenvalue weighted by molar-refractivity contribution is 5.34. The summed E-state index contributed by atoms with van der Waals surface area (Å²) in [7, 11) is 0. The van der Waals surface area contributed by atoms with Crippen LogP contribution >= 0.6 is 0 Å². The van der Waals surface area contributed by atoms with Gasteiger partial charge in [0.2, 0.25) is 0 Å². The first-order valence-corrected chi connectivity index (χ1v) is 6.93. The molecule has 1 aromatic rings. The van der Waals surface area contributed by atoms with E-state index in [4.69, 9.17) is 9.47 Å². The van der Waals surface area contributed by atoms with E-state index in [1.807, 2.05) is 39.0 Å². The zero-order valence-electron chi connectivity index (χ0n) is 12.5. The van der Waals surface area contributed by atoms with Gasteiger partial charge in [0.15, 0.2) is 0 Å². The summed E-state index contributed by atoms with van der Waals surface area (Å²) in [4.78, 5) is 4.48. The average Bonchev–Trinajstić information content (AvgIpc) is 2.35. The number of nitrogens with one attached hydrogen (secondary N) is 1. The largest absolute Gasteiger partial charge is 0.373 e. The molecular weight excluding hydrogens is 240 g/mol. The van der Waals surface area contributed by atoms with Gasteiger partial charge in [0.1, 0.15) is 5.82 Å². The summed E-state index contributed by atoms with van der Waals surface area (Å²) in [5, 5.41) is 3.26. The molecule has 0 aliphatic carbocycles. The van der Waals surface area contributed by atoms with E-state index >= 15 is 0 Å². The summed E-state index contributed by atoms with van der Waals surface area (Å²) in [6.07, 6.45) is 1.09. The summed E-state index contributed by atoms with van der Waals surface area (Å²) in [6.45, 7) is 10.9. The van der Waals surface area contributed by atoms with Gasteiger partial charge in [0, 0.05) is 6.54 Å². The van der Waals surface area contributed by atoms with Gasteiger partial charge in [-0.25, -0.2) is 4.98 Å². The van der Waals surface area contributed by atoms with Crippen LogP contribution in [-0.2, 0) is 16.1 Å². The van der Waals surface area contributed by atoms with E-state index in [1.54, 1.807) is 0 Å². The number of pyridine rings is 1. The third kappa shape index (κ3) is 7.80. The zero-order valence-corrected chi connectivity index (χ0v) is 12.5. The van der Waals surface area contributed by atoms with Crippen LogP contribution in [0.25, 0.3) is 0 Å². The molecule has 0 unspecified atom stereocenters. The van der Waals surface area contributed by atoms with Crippen molar-refractivity contribution in [3.63, 3.8) is 0 Å². The van der Waals surface area contributed by atoms with Crippen molar-refractivity contribution < 1.29 is 9.47 Å². The number of nitrogens with zero attached hydrogens (tertiary/aromatic N) is 1. The standard InChI is InChI=1S/C15H26N2O2/c1-5-9-16-14-8-6-7-13(17-14)12-18-10-11-19-15(2,3)4/h6-8H,5,9-12H2,1-4H3,(H,16,17). The van der Waals surface area contributed by atoms with Gasteiger partial charge in [-0.3, -0.25) is 0 Å². The third-order valence-corrected chi connectivity index (χ3v) is 2.38. The number of anilines is 1. The Bertz CT molecular complexity index is 361. The first-order chi connectivity index (χ1) is 9.01. The minimum atomic E-state index is -0.106. The Balaban J connectivity index is 2.25. The summed E-state index contributed by atoms with van der Waals surface area (Å²) < 4.78 is 11.1. The monoisotopic (exact) mass is 266 g/mol. The van der Waals surface area contributed by atoms with Gasteiger partial charge in [0.25, 0.3) is 0 Å². The van der Waals surface area contributed by atoms with Crippen LogP contribution in [0.4, 0.5) is 5.82 Å². The third-order valence-electron chi connectivity index (χ3n) is 2.38. The van der Waals surface area contributed by atoms with Crippen molar-refractivity contribution in [2.45, 2.75) is 46.3 Å². The molecule has 1 aromatic heterocycles. The number of aromatic nitrogens is 1. The van der Waals surface area contributed by atoms with Crippen LogP contribution in [0.15, 0.2) is 18.2 Å². The Labute approximate surface area is 116 Å². The zero-order chi connectivity index (χ0) is 14.1. The maximum Gasteiger partial charge on any atom is 0.126 e. The van der Waals surface area contributed by atoms with E-state index in [0.717, 1.165) is 24.5 Å². The van der Waals surface area contributed by atoms with Crippen LogP contribution < -0.4 is 5.32 Å². The van der Waals surface area contributed by atoms with Gasteiger partial charge >= 0.3 is 0 Å². The van der Waals surface area contributed by atoms with E-state index in [1.165, 1.54) is 0 Å². The number of rotatable bonds is 8. The molecule has 1 heterocycles. The highest BCUT2D eigenvalue weighted by Gasteiger charge is 2.09. The van der Waals surface area contributed by atoms with Crippen molar-refractivity contribution in [2.75, 3.05) is 25.1 Å². The Morgan fingerprint density at radius 2 is 2.00 bits per heavy atom. The Kier molecular flexibility index (Phi) is 6.81. The van der Waals surface area contributed by atoms with Crippen LogP contribution in [0.1, 0.15) is 39.8 Å². The van der Waals surface area contributed by atoms with Gasteiger partial charge in [-0.1, -0.05) is 13.0 Å². The average molecular weight is 266 g/mol. The molecule has 0 atom stereocenters. The predicted octanol–water partition coefficient (Wildman–Crippen LogP) is 3.24. The smallest absolute Gasteiger partial charge is 0.126 e. The fourth-order valence-corrected chi connectivity index (χ4v) is 1.50. The lowest BCUT2D eigenvalue weighted by molar-refractivity contribution is -0.0380. The van der Waals surface area contributed by atoms with Crippen molar-refractivity contribution in [3.05, 3.63) is 23.9 Å². The van der Waals surface area contributed by atoms with Gasteiger partial charge in [0.05, 0.1) is 31.1 Å². The molecule has 4 nitrogen and oxygen atoms in total. The van der Waals surface area contributed by atoms with Crippen LogP contribution in [0.5, 0.6) is 0 Å². The quantitative estimate of drug-likeness (QED) is 0.734. The minimum Gasteiger partial charge on any atom is -0.373 e. The molecule has 0 saturated heterocycles. The molecule has 19 heavy (non-hydrogen) atoms. The Hall–Kier alpha value is -1.13. The fourth-order valence-electron chi connectivity index (χ4n) is 1.50. The molecule has 0 aliphatic heterocycles. The molecule has 1 rings (SSSR count). The second kappa shape index (κ2) is 8.12. The van der Waals surface area contributed by atoms with E-state index in [9.17, 15) is 0 Å². The molecule has 4 heteroatoms. The van der Waals surface area contributed by atoms with Gasteiger partial charge in [-0.15, -0.1) is 0 Å². The topological polar surface area (TPSA) is 43.4 Å². The number of hydrogen-bond acceptors (Lipinski definition) is 4. The van der Waals surface area contributed by atoms with Crippen molar-refractivity contribution in [1.29, 1.82) is 0 Å². The Morgan fingerprint density at radius 3 is 2.68 bits per heavy atom. The molecule has 0 amide bonds. The SMILES string of the molecule is CCCNc1cccc(COCCOC(C)(C)C)n1. The maximum atomic E-state index is 5.59. The highest BCUT2D eigenvalue weighted by Crippen LogP contribution is 2.07. The first-order valence-electron chi connectivity index (χ1n) is 6.93. The lowest BCUT2D eigenvalue weighted by Crippen LogP contribution is -2.21. The van der Waals surface area contributed by atoms with E-state index in [2.05, 4.69) is 17.2 Å². The first kappa shape index (κ1) is 15.9. The Morgan fingerprint density at radius 1 is 1.21 bits per heavy atom. The summed E-state index contributed by atoms with van der Waals surface area (Å²) in [5.74, 6) is 0.911. The molecule has 0 spiro atoms. The summed E-state index contributed by atoms with van der Waals surface area (Å²) in [5.41, 5.74) is 0.836. The van der Waals surface area contributed by atoms with Crippen LogP contribution in [-0.4, -0.2) is 30.3 Å². The van der Waals surface area contributed by atoms with E-state index in [-0.39, 0.29) is 5.60 Å². The van der Waals surface area contributed by atoms with Crippen LogP contribution in [0.2, 0.25) is 0 Å². The predicted molar refractivity (Wildman–Crippen MR) is 78.4 cm³/mol. The molecule has 0 aliphatic rings. The minimum absolute atomic E-state index is 0.106.